The van der Waals surface area contributed by atoms with Crippen molar-refractivity contribution in [2.75, 3.05) is 20.7 Å². The predicted octanol–water partition coefficient (Wildman–Crippen LogP) is 2.18. The summed E-state index contributed by atoms with van der Waals surface area (Å²) in [5, 5.41) is 2.75. The van der Waals surface area contributed by atoms with Gasteiger partial charge in [0.05, 0.1) is 6.61 Å². The van der Waals surface area contributed by atoms with Gasteiger partial charge in [-0.25, -0.2) is 4.79 Å². The molecule has 0 aliphatic carbocycles. The normalized spacial score (nSPS) is 8.88. The monoisotopic (exact) mass is 235 g/mol. The molecule has 3 heteroatoms. The lowest BCUT2D eigenvalue weighted by Gasteiger charge is -2.04. The SMILES string of the molecule is C=C(Cc1ccccc1)C(=O)OCC.CNC. The van der Waals surface area contributed by atoms with Gasteiger partial charge in [-0.2, -0.15) is 0 Å². The topological polar surface area (TPSA) is 38.3 Å². The van der Waals surface area contributed by atoms with Gasteiger partial charge < -0.3 is 10.1 Å². The molecule has 3 nitrogen and oxygen atoms in total. The summed E-state index contributed by atoms with van der Waals surface area (Å²) in [6.07, 6.45) is 0.555. The van der Waals surface area contributed by atoms with Crippen LogP contribution >= 0.6 is 0 Å². The highest BCUT2D eigenvalue weighted by molar-refractivity contribution is 5.88. The molecule has 0 fully saturated rings. The number of benzene rings is 1. The predicted molar refractivity (Wildman–Crippen MR) is 70.9 cm³/mol. The maximum Gasteiger partial charge on any atom is 0.333 e. The summed E-state index contributed by atoms with van der Waals surface area (Å²) >= 11 is 0. The molecule has 0 bridgehead atoms. The Bertz CT molecular complexity index is 333. The average molecular weight is 235 g/mol. The Morgan fingerprint density at radius 2 is 1.82 bits per heavy atom. The summed E-state index contributed by atoms with van der Waals surface area (Å²) in [4.78, 5) is 11.2. The average Bonchev–Trinajstić information content (AvgIpc) is 2.31. The Balaban J connectivity index is 0.000000770. The van der Waals surface area contributed by atoms with Crippen LogP contribution in [0.4, 0.5) is 0 Å². The summed E-state index contributed by atoms with van der Waals surface area (Å²) in [6, 6.07) is 9.74. The van der Waals surface area contributed by atoms with Gasteiger partial charge in [-0.15, -0.1) is 0 Å². The highest BCUT2D eigenvalue weighted by Crippen LogP contribution is 2.07. The zero-order valence-corrected chi connectivity index (χ0v) is 10.8. The number of carbonyl (C=O) groups is 1. The van der Waals surface area contributed by atoms with Crippen LogP contribution in [-0.2, 0) is 16.0 Å². The minimum absolute atomic E-state index is 0.309. The first-order valence-corrected chi connectivity index (χ1v) is 5.63. The van der Waals surface area contributed by atoms with Crippen molar-refractivity contribution in [2.45, 2.75) is 13.3 Å². The van der Waals surface area contributed by atoms with Gasteiger partial charge in [0.2, 0.25) is 0 Å². The van der Waals surface area contributed by atoms with Crippen LogP contribution in [0.3, 0.4) is 0 Å². The molecule has 1 N–H and O–H groups in total. The van der Waals surface area contributed by atoms with Crippen molar-refractivity contribution in [3.05, 3.63) is 48.0 Å². The van der Waals surface area contributed by atoms with Gasteiger partial charge in [0.15, 0.2) is 0 Å². The largest absolute Gasteiger partial charge is 0.463 e. The maximum absolute atomic E-state index is 11.2. The first-order valence-electron chi connectivity index (χ1n) is 5.63. The van der Waals surface area contributed by atoms with Crippen LogP contribution in [0.5, 0.6) is 0 Å². The van der Waals surface area contributed by atoms with E-state index in [0.717, 1.165) is 5.56 Å². The van der Waals surface area contributed by atoms with Gasteiger partial charge in [0.1, 0.15) is 0 Å². The number of rotatable bonds is 4. The second-order valence-corrected chi connectivity index (χ2v) is 3.49. The fraction of sp³-hybridized carbons (Fsp3) is 0.357. The highest BCUT2D eigenvalue weighted by atomic mass is 16.5. The fourth-order valence-electron chi connectivity index (χ4n) is 1.15. The lowest BCUT2D eigenvalue weighted by Crippen LogP contribution is -2.08. The molecular weight excluding hydrogens is 214 g/mol. The molecule has 17 heavy (non-hydrogen) atoms. The van der Waals surface area contributed by atoms with Crippen molar-refractivity contribution in [3.8, 4) is 0 Å². The van der Waals surface area contributed by atoms with Gasteiger partial charge in [0.25, 0.3) is 0 Å². The van der Waals surface area contributed by atoms with Crippen molar-refractivity contribution in [2.24, 2.45) is 0 Å². The molecular formula is C14H21NO2. The minimum atomic E-state index is -0.309. The van der Waals surface area contributed by atoms with E-state index in [1.165, 1.54) is 0 Å². The Morgan fingerprint density at radius 3 is 2.29 bits per heavy atom. The third-order valence-electron chi connectivity index (χ3n) is 1.82. The number of hydrogen-bond donors (Lipinski definition) is 1. The summed E-state index contributed by atoms with van der Waals surface area (Å²) < 4.78 is 4.84. The second kappa shape index (κ2) is 9.60. The number of hydrogen-bond acceptors (Lipinski definition) is 3. The number of carbonyl (C=O) groups excluding carboxylic acids is 1. The van der Waals surface area contributed by atoms with E-state index in [4.69, 9.17) is 4.74 Å². The van der Waals surface area contributed by atoms with Gasteiger partial charge >= 0.3 is 5.97 Å². The van der Waals surface area contributed by atoms with E-state index in [-0.39, 0.29) is 5.97 Å². The Kier molecular flexibility index (Phi) is 8.69. The van der Waals surface area contributed by atoms with Crippen molar-refractivity contribution >= 4 is 5.97 Å². The quantitative estimate of drug-likeness (QED) is 0.642. The van der Waals surface area contributed by atoms with E-state index in [1.807, 2.05) is 44.4 Å². The molecule has 94 valence electrons. The molecule has 0 unspecified atom stereocenters. The van der Waals surface area contributed by atoms with Gasteiger partial charge in [-0.3, -0.25) is 0 Å². The minimum Gasteiger partial charge on any atom is -0.463 e. The molecule has 0 saturated heterocycles. The van der Waals surface area contributed by atoms with E-state index in [2.05, 4.69) is 11.9 Å². The molecule has 1 rings (SSSR count). The molecule has 0 heterocycles. The lowest BCUT2D eigenvalue weighted by atomic mass is 10.1. The Labute approximate surface area is 103 Å². The van der Waals surface area contributed by atoms with Crippen LogP contribution < -0.4 is 5.32 Å². The van der Waals surface area contributed by atoms with Crippen molar-refractivity contribution in [1.82, 2.24) is 5.32 Å². The third kappa shape index (κ3) is 7.30. The second-order valence-electron chi connectivity index (χ2n) is 3.49. The smallest absolute Gasteiger partial charge is 0.333 e. The summed E-state index contributed by atoms with van der Waals surface area (Å²) in [7, 11) is 3.75. The molecule has 1 aromatic carbocycles. The molecule has 0 atom stereocenters. The van der Waals surface area contributed by atoms with E-state index in [9.17, 15) is 4.79 Å². The number of esters is 1. The molecule has 0 saturated carbocycles. The fourth-order valence-corrected chi connectivity index (χ4v) is 1.15. The van der Waals surface area contributed by atoms with Crippen molar-refractivity contribution in [3.63, 3.8) is 0 Å². The zero-order chi connectivity index (χ0) is 13.1. The molecule has 0 aromatic heterocycles. The summed E-state index contributed by atoms with van der Waals surface area (Å²) in [6.45, 7) is 5.87. The maximum atomic E-state index is 11.2. The molecule has 0 aliphatic rings. The summed E-state index contributed by atoms with van der Waals surface area (Å²) in [5.41, 5.74) is 1.57. The summed E-state index contributed by atoms with van der Waals surface area (Å²) in [5.74, 6) is -0.309. The van der Waals surface area contributed by atoms with E-state index in [0.29, 0.717) is 18.6 Å². The van der Waals surface area contributed by atoms with Crippen molar-refractivity contribution < 1.29 is 9.53 Å². The van der Waals surface area contributed by atoms with E-state index >= 15 is 0 Å². The van der Waals surface area contributed by atoms with Crippen LogP contribution in [0.1, 0.15) is 12.5 Å². The highest BCUT2D eigenvalue weighted by Gasteiger charge is 2.07. The van der Waals surface area contributed by atoms with Crippen LogP contribution in [0.25, 0.3) is 0 Å². The number of ether oxygens (including phenoxy) is 1. The van der Waals surface area contributed by atoms with Crippen LogP contribution in [0.15, 0.2) is 42.5 Å². The Morgan fingerprint density at radius 1 is 1.29 bits per heavy atom. The lowest BCUT2D eigenvalue weighted by molar-refractivity contribution is -0.138. The van der Waals surface area contributed by atoms with E-state index < -0.39 is 0 Å². The first-order chi connectivity index (χ1) is 8.15. The van der Waals surface area contributed by atoms with Gasteiger partial charge in [-0.05, 0) is 26.6 Å². The molecule has 0 amide bonds. The van der Waals surface area contributed by atoms with Crippen LogP contribution in [0.2, 0.25) is 0 Å². The molecule has 0 aliphatic heterocycles. The molecule has 1 aromatic rings. The van der Waals surface area contributed by atoms with Crippen molar-refractivity contribution in [1.29, 1.82) is 0 Å². The third-order valence-corrected chi connectivity index (χ3v) is 1.82. The van der Waals surface area contributed by atoms with Crippen LogP contribution in [-0.4, -0.2) is 26.7 Å². The van der Waals surface area contributed by atoms with Crippen LogP contribution in [0, 0.1) is 0 Å². The van der Waals surface area contributed by atoms with Gasteiger partial charge in [-0.1, -0.05) is 36.9 Å². The first kappa shape index (κ1) is 15.4. The van der Waals surface area contributed by atoms with Gasteiger partial charge in [0, 0.05) is 12.0 Å². The molecule has 0 spiro atoms. The van der Waals surface area contributed by atoms with E-state index in [1.54, 1.807) is 6.92 Å². The standard InChI is InChI=1S/C12H14O2.C2H7N/c1-3-14-12(13)10(2)9-11-7-5-4-6-8-11;1-3-2/h4-8H,2-3,9H2,1H3;3H,1-2H3. The number of nitrogens with one attached hydrogen (secondary N) is 1. The molecule has 0 radical (unpaired) electrons. The Hall–Kier alpha value is -1.61. The zero-order valence-electron chi connectivity index (χ0n) is 10.8.